The Bertz CT molecular complexity index is 809. The average Bonchev–Trinajstić information content (AvgIpc) is 2.88. The second-order valence-electron chi connectivity index (χ2n) is 5.92. The van der Waals surface area contributed by atoms with Gasteiger partial charge in [-0.3, -0.25) is 4.79 Å². The molecular formula is C16H19Cl2N3OS3. The van der Waals surface area contributed by atoms with Crippen molar-refractivity contribution in [2.75, 3.05) is 5.75 Å². The first-order valence-corrected chi connectivity index (χ1v) is 10.7. The first-order valence-electron chi connectivity index (χ1n) is 7.70. The van der Waals surface area contributed by atoms with Crippen molar-refractivity contribution in [3.05, 3.63) is 32.2 Å². The number of carbonyl (C=O) groups excluding carboxylic acids is 1. The van der Waals surface area contributed by atoms with Crippen LogP contribution in [0, 0.1) is 3.95 Å². The molecule has 1 aromatic carbocycles. The van der Waals surface area contributed by atoms with Crippen LogP contribution in [-0.2, 0) is 4.79 Å². The van der Waals surface area contributed by atoms with Crippen molar-refractivity contribution in [3.8, 4) is 5.69 Å². The fraction of sp³-hybridized carbons (Fsp3) is 0.438. The summed E-state index contributed by atoms with van der Waals surface area (Å²) in [7, 11) is 0. The molecule has 4 nitrogen and oxygen atoms in total. The molecule has 0 unspecified atom stereocenters. The van der Waals surface area contributed by atoms with E-state index in [0.29, 0.717) is 19.8 Å². The SMILES string of the molecule is CC(C)N(C(=O)CSc1nn(-c2ccc(Cl)c(Cl)c2)c(=S)s1)C(C)C. The van der Waals surface area contributed by atoms with E-state index in [1.54, 1.807) is 16.8 Å². The van der Waals surface area contributed by atoms with Gasteiger partial charge in [0.2, 0.25) is 5.91 Å². The summed E-state index contributed by atoms with van der Waals surface area (Å²) in [5, 5.41) is 5.42. The summed E-state index contributed by atoms with van der Waals surface area (Å²) in [5.41, 5.74) is 0.750. The van der Waals surface area contributed by atoms with Crippen molar-refractivity contribution in [1.29, 1.82) is 0 Å². The minimum atomic E-state index is 0.0946. The number of hydrogen-bond acceptors (Lipinski definition) is 5. The van der Waals surface area contributed by atoms with Crippen LogP contribution >= 0.6 is 58.5 Å². The largest absolute Gasteiger partial charge is 0.337 e. The van der Waals surface area contributed by atoms with Gasteiger partial charge in [0.05, 0.1) is 21.5 Å². The fourth-order valence-electron chi connectivity index (χ4n) is 2.47. The van der Waals surface area contributed by atoms with Gasteiger partial charge in [-0.25, -0.2) is 4.68 Å². The van der Waals surface area contributed by atoms with Crippen molar-refractivity contribution in [2.24, 2.45) is 0 Å². The second-order valence-corrected chi connectivity index (χ2v) is 9.58. The molecule has 25 heavy (non-hydrogen) atoms. The molecule has 136 valence electrons. The lowest BCUT2D eigenvalue weighted by Gasteiger charge is -2.30. The molecule has 0 aliphatic carbocycles. The fourth-order valence-corrected chi connectivity index (χ4v) is 4.99. The second kappa shape index (κ2) is 8.86. The van der Waals surface area contributed by atoms with E-state index in [-0.39, 0.29) is 18.0 Å². The summed E-state index contributed by atoms with van der Waals surface area (Å²) in [5.74, 6) is 0.428. The number of hydrogen-bond donors (Lipinski definition) is 0. The molecular weight excluding hydrogens is 417 g/mol. The van der Waals surface area contributed by atoms with Gasteiger partial charge in [-0.2, -0.15) is 0 Å². The molecule has 0 atom stereocenters. The molecule has 9 heteroatoms. The van der Waals surface area contributed by atoms with Gasteiger partial charge >= 0.3 is 0 Å². The number of thioether (sulfide) groups is 1. The third kappa shape index (κ3) is 5.20. The number of benzene rings is 1. The molecule has 0 aliphatic heterocycles. The van der Waals surface area contributed by atoms with Gasteiger partial charge in [-0.05, 0) is 58.1 Å². The molecule has 0 radical (unpaired) electrons. The molecule has 0 bridgehead atoms. The Morgan fingerprint density at radius 3 is 2.48 bits per heavy atom. The first-order chi connectivity index (χ1) is 11.7. The number of amides is 1. The van der Waals surface area contributed by atoms with Crippen LogP contribution in [0.5, 0.6) is 0 Å². The summed E-state index contributed by atoms with van der Waals surface area (Å²) in [6.07, 6.45) is 0. The normalized spacial score (nSPS) is 11.4. The zero-order valence-corrected chi connectivity index (χ0v) is 18.3. The van der Waals surface area contributed by atoms with Crippen LogP contribution in [0.4, 0.5) is 0 Å². The number of aromatic nitrogens is 2. The van der Waals surface area contributed by atoms with Crippen molar-refractivity contribution in [3.63, 3.8) is 0 Å². The van der Waals surface area contributed by atoms with Crippen molar-refractivity contribution in [2.45, 2.75) is 44.1 Å². The highest BCUT2D eigenvalue weighted by molar-refractivity contribution is 8.01. The number of nitrogens with zero attached hydrogens (tertiary/aromatic N) is 3. The molecule has 0 aliphatic rings. The monoisotopic (exact) mass is 435 g/mol. The highest BCUT2D eigenvalue weighted by Crippen LogP contribution is 2.28. The molecule has 1 heterocycles. The molecule has 2 aromatic rings. The Hall–Kier alpha value is -0.600. The Kier molecular flexibility index (Phi) is 7.34. The molecule has 2 rings (SSSR count). The Morgan fingerprint density at radius 2 is 1.92 bits per heavy atom. The van der Waals surface area contributed by atoms with Gasteiger partial charge in [-0.1, -0.05) is 46.3 Å². The lowest BCUT2D eigenvalue weighted by molar-refractivity contribution is -0.131. The lowest BCUT2D eigenvalue weighted by Crippen LogP contribution is -2.43. The minimum Gasteiger partial charge on any atom is -0.337 e. The number of carbonyl (C=O) groups is 1. The van der Waals surface area contributed by atoms with Crippen LogP contribution in [0.1, 0.15) is 27.7 Å². The molecule has 0 saturated carbocycles. The van der Waals surface area contributed by atoms with Gasteiger partial charge in [0.1, 0.15) is 0 Å². The third-order valence-corrected chi connectivity index (χ3v) is 6.49. The van der Waals surface area contributed by atoms with Gasteiger partial charge < -0.3 is 4.90 Å². The van der Waals surface area contributed by atoms with Crippen LogP contribution < -0.4 is 0 Å². The van der Waals surface area contributed by atoms with E-state index in [4.69, 9.17) is 35.4 Å². The standard InChI is InChI=1S/C16H19Cl2N3OS3/c1-9(2)20(10(3)4)14(22)8-24-15-19-21(16(23)25-15)11-5-6-12(17)13(18)7-11/h5-7,9-10H,8H2,1-4H3. The maximum atomic E-state index is 12.5. The van der Waals surface area contributed by atoms with Crippen LogP contribution in [0.15, 0.2) is 22.5 Å². The van der Waals surface area contributed by atoms with Gasteiger partial charge in [0.15, 0.2) is 8.29 Å². The smallest absolute Gasteiger partial charge is 0.233 e. The summed E-state index contributed by atoms with van der Waals surface area (Å²) in [6, 6.07) is 5.57. The van der Waals surface area contributed by atoms with E-state index in [1.165, 1.54) is 23.1 Å². The number of rotatable bonds is 6. The zero-order valence-electron chi connectivity index (χ0n) is 14.3. The predicted octanol–water partition coefficient (Wildman–Crippen LogP) is 5.71. The molecule has 0 saturated heterocycles. The summed E-state index contributed by atoms with van der Waals surface area (Å²) in [6.45, 7) is 8.08. The van der Waals surface area contributed by atoms with Gasteiger partial charge in [0, 0.05) is 12.1 Å². The molecule has 0 N–H and O–H groups in total. The van der Waals surface area contributed by atoms with Crippen LogP contribution in [0.25, 0.3) is 5.69 Å². The average molecular weight is 436 g/mol. The molecule has 1 amide bonds. The highest BCUT2D eigenvalue weighted by atomic mass is 35.5. The van der Waals surface area contributed by atoms with Gasteiger partial charge in [0.25, 0.3) is 0 Å². The molecule has 0 fully saturated rings. The van der Waals surface area contributed by atoms with Crippen molar-refractivity contribution in [1.82, 2.24) is 14.7 Å². The Morgan fingerprint density at radius 1 is 1.28 bits per heavy atom. The summed E-state index contributed by atoms with van der Waals surface area (Å²) < 4.78 is 2.98. The lowest BCUT2D eigenvalue weighted by atomic mass is 10.2. The van der Waals surface area contributed by atoms with E-state index in [9.17, 15) is 4.79 Å². The Balaban J connectivity index is 2.14. The summed E-state index contributed by atoms with van der Waals surface area (Å²) >= 11 is 20.2. The summed E-state index contributed by atoms with van der Waals surface area (Å²) in [4.78, 5) is 14.3. The van der Waals surface area contributed by atoms with Crippen molar-refractivity contribution >= 4 is 64.4 Å². The van der Waals surface area contributed by atoms with E-state index < -0.39 is 0 Å². The maximum absolute atomic E-state index is 12.5. The van der Waals surface area contributed by atoms with E-state index in [0.717, 1.165) is 10.0 Å². The maximum Gasteiger partial charge on any atom is 0.233 e. The Labute approximate surface area is 171 Å². The topological polar surface area (TPSA) is 38.1 Å². The van der Waals surface area contributed by atoms with E-state index in [1.807, 2.05) is 38.7 Å². The van der Waals surface area contributed by atoms with E-state index >= 15 is 0 Å². The van der Waals surface area contributed by atoms with E-state index in [2.05, 4.69) is 5.10 Å². The quantitative estimate of drug-likeness (QED) is 0.430. The van der Waals surface area contributed by atoms with Crippen LogP contribution in [0.3, 0.4) is 0 Å². The minimum absolute atomic E-state index is 0.0946. The van der Waals surface area contributed by atoms with Crippen LogP contribution in [0.2, 0.25) is 10.0 Å². The van der Waals surface area contributed by atoms with Gasteiger partial charge in [-0.15, -0.1) is 5.10 Å². The van der Waals surface area contributed by atoms with Crippen LogP contribution in [-0.4, -0.2) is 38.4 Å². The molecule has 0 spiro atoms. The number of halogens is 2. The first kappa shape index (κ1) is 20.7. The highest BCUT2D eigenvalue weighted by Gasteiger charge is 2.20. The van der Waals surface area contributed by atoms with Crippen molar-refractivity contribution < 1.29 is 4.79 Å². The predicted molar refractivity (Wildman–Crippen MR) is 110 cm³/mol. The molecule has 1 aromatic heterocycles. The zero-order chi connectivity index (χ0) is 18.7. The third-order valence-electron chi connectivity index (χ3n) is 3.40.